The van der Waals surface area contributed by atoms with Crippen molar-refractivity contribution >= 4 is 68.7 Å². The van der Waals surface area contributed by atoms with E-state index in [2.05, 4.69) is 20.5 Å². The number of carbonyl (C=O) groups is 1. The molecule has 0 atom stereocenters. The molecule has 1 aliphatic rings. The lowest BCUT2D eigenvalue weighted by molar-refractivity contribution is -0.115. The fourth-order valence-electron chi connectivity index (χ4n) is 2.43. The molecule has 2 N–H and O–H groups in total. The van der Waals surface area contributed by atoms with Gasteiger partial charge in [0.15, 0.2) is 5.17 Å². The van der Waals surface area contributed by atoms with Crippen molar-refractivity contribution in [1.29, 1.82) is 0 Å². The molecule has 29 heavy (non-hydrogen) atoms. The average molecular weight is 447 g/mol. The molecule has 0 aliphatic carbocycles. The molecule has 0 spiro atoms. The van der Waals surface area contributed by atoms with Gasteiger partial charge in [0, 0.05) is 12.0 Å². The van der Waals surface area contributed by atoms with Crippen molar-refractivity contribution in [2.45, 2.75) is 6.92 Å². The van der Waals surface area contributed by atoms with Gasteiger partial charge in [-0.25, -0.2) is 4.99 Å². The summed E-state index contributed by atoms with van der Waals surface area (Å²) in [5, 5.41) is 20.4. The average Bonchev–Trinajstić information content (AvgIpc) is 3.04. The van der Waals surface area contributed by atoms with E-state index in [0.29, 0.717) is 25.8 Å². The van der Waals surface area contributed by atoms with E-state index in [1.54, 1.807) is 37.4 Å². The number of nitrogens with one attached hydrogen (secondary N) is 1. The van der Waals surface area contributed by atoms with Crippen LogP contribution in [0.25, 0.3) is 17.0 Å². The lowest BCUT2D eigenvalue weighted by Gasteiger charge is -2.01. The number of benzene rings is 2. The monoisotopic (exact) mass is 446 g/mol. The Labute approximate surface area is 181 Å². The first-order chi connectivity index (χ1) is 14.0. The quantitative estimate of drug-likeness (QED) is 0.550. The van der Waals surface area contributed by atoms with Crippen molar-refractivity contribution in [3.63, 3.8) is 0 Å². The standard InChI is InChI=1S/C18H10Cl2N4OS.C2H6O/c19-12-2-1-3-13(20)16(12)22-18-23-17(25)15(26-18)9-10-4-5-14-11(8-10)6-7-21-24-14;1-2-3/h1-9H,(H,22,23,25);3H,2H2,1H3/b15-9-;. The number of fused-ring (bicyclic) bond motifs is 1. The van der Waals surface area contributed by atoms with Crippen LogP contribution in [-0.4, -0.2) is 33.0 Å². The second kappa shape index (κ2) is 9.84. The summed E-state index contributed by atoms with van der Waals surface area (Å²) in [7, 11) is 0. The van der Waals surface area contributed by atoms with Crippen LogP contribution in [0.2, 0.25) is 10.0 Å². The van der Waals surface area contributed by atoms with E-state index < -0.39 is 0 Å². The lowest BCUT2D eigenvalue weighted by Crippen LogP contribution is -2.19. The molecule has 4 rings (SSSR count). The van der Waals surface area contributed by atoms with Gasteiger partial charge in [0.25, 0.3) is 5.91 Å². The zero-order valence-electron chi connectivity index (χ0n) is 15.3. The van der Waals surface area contributed by atoms with Crippen LogP contribution in [0.1, 0.15) is 12.5 Å². The SMILES string of the molecule is CCO.O=C1NC(=Nc2c(Cl)cccc2Cl)S/C1=C\c1ccc2nnccc2c1. The minimum atomic E-state index is -0.218. The molecule has 1 fully saturated rings. The number of rotatable bonds is 2. The molecule has 6 nitrogen and oxygen atoms in total. The number of hydrogen-bond acceptors (Lipinski definition) is 6. The molecule has 0 unspecified atom stereocenters. The lowest BCUT2D eigenvalue weighted by atomic mass is 10.1. The zero-order chi connectivity index (χ0) is 20.8. The maximum absolute atomic E-state index is 12.2. The Bertz CT molecular complexity index is 1100. The van der Waals surface area contributed by atoms with E-state index in [1.165, 1.54) is 11.8 Å². The molecule has 1 aromatic heterocycles. The Balaban J connectivity index is 0.000000755. The Morgan fingerprint density at radius 2 is 1.93 bits per heavy atom. The van der Waals surface area contributed by atoms with Crippen molar-refractivity contribution in [1.82, 2.24) is 15.5 Å². The predicted molar refractivity (Wildman–Crippen MR) is 120 cm³/mol. The van der Waals surface area contributed by atoms with E-state index in [4.69, 9.17) is 28.3 Å². The van der Waals surface area contributed by atoms with E-state index in [1.807, 2.05) is 24.3 Å². The van der Waals surface area contributed by atoms with E-state index in [-0.39, 0.29) is 12.5 Å². The van der Waals surface area contributed by atoms with Crippen molar-refractivity contribution in [3.05, 3.63) is 69.2 Å². The zero-order valence-corrected chi connectivity index (χ0v) is 17.6. The highest BCUT2D eigenvalue weighted by molar-refractivity contribution is 8.18. The highest BCUT2D eigenvalue weighted by Crippen LogP contribution is 2.35. The fourth-order valence-corrected chi connectivity index (χ4v) is 3.74. The van der Waals surface area contributed by atoms with Crippen LogP contribution in [0.15, 0.2) is 58.6 Å². The Kier molecular flexibility index (Phi) is 7.22. The van der Waals surface area contributed by atoms with Crippen molar-refractivity contribution in [3.8, 4) is 0 Å². The van der Waals surface area contributed by atoms with Gasteiger partial charge in [-0.2, -0.15) is 10.2 Å². The van der Waals surface area contributed by atoms with Gasteiger partial charge in [0.2, 0.25) is 0 Å². The molecule has 2 heterocycles. The van der Waals surface area contributed by atoms with Gasteiger partial charge in [0.05, 0.1) is 26.7 Å². The first kappa shape index (κ1) is 21.3. The smallest absolute Gasteiger partial charge is 0.264 e. The summed E-state index contributed by atoms with van der Waals surface area (Å²) in [6.07, 6.45) is 3.44. The summed E-state index contributed by atoms with van der Waals surface area (Å²) in [4.78, 5) is 17.2. The molecule has 2 aromatic carbocycles. The van der Waals surface area contributed by atoms with Crippen molar-refractivity contribution < 1.29 is 9.90 Å². The largest absolute Gasteiger partial charge is 0.397 e. The van der Waals surface area contributed by atoms with Crippen molar-refractivity contribution in [2.75, 3.05) is 6.61 Å². The fraction of sp³-hybridized carbons (Fsp3) is 0.100. The van der Waals surface area contributed by atoms with Gasteiger partial charge < -0.3 is 10.4 Å². The van der Waals surface area contributed by atoms with Crippen LogP contribution < -0.4 is 5.32 Å². The highest BCUT2D eigenvalue weighted by Gasteiger charge is 2.24. The number of aliphatic hydroxyl groups is 1. The van der Waals surface area contributed by atoms with E-state index >= 15 is 0 Å². The summed E-state index contributed by atoms with van der Waals surface area (Å²) in [5.74, 6) is -0.218. The second-order valence-electron chi connectivity index (χ2n) is 5.72. The number of halogens is 2. The number of amidine groups is 1. The van der Waals surface area contributed by atoms with Crippen LogP contribution in [0.3, 0.4) is 0 Å². The number of nitrogens with zero attached hydrogens (tertiary/aromatic N) is 3. The summed E-state index contributed by atoms with van der Waals surface area (Å²) < 4.78 is 0. The van der Waals surface area contributed by atoms with Gasteiger partial charge >= 0.3 is 0 Å². The maximum atomic E-state index is 12.2. The molecular formula is C20H16Cl2N4O2S. The predicted octanol–water partition coefficient (Wildman–Crippen LogP) is 4.83. The molecule has 0 radical (unpaired) electrons. The van der Waals surface area contributed by atoms with Gasteiger partial charge in [-0.1, -0.05) is 35.3 Å². The third-order valence-corrected chi connectivity index (χ3v) is 5.16. The number of aromatic nitrogens is 2. The van der Waals surface area contributed by atoms with Crippen LogP contribution in [0.5, 0.6) is 0 Å². The molecule has 0 bridgehead atoms. The highest BCUT2D eigenvalue weighted by atomic mass is 35.5. The molecule has 0 saturated carbocycles. The molecule has 1 amide bonds. The first-order valence-corrected chi connectivity index (χ1v) is 10.1. The van der Waals surface area contributed by atoms with Crippen LogP contribution in [0, 0.1) is 0 Å². The molecule has 1 aliphatic heterocycles. The summed E-state index contributed by atoms with van der Waals surface area (Å²) in [6.45, 7) is 1.93. The summed E-state index contributed by atoms with van der Waals surface area (Å²) >= 11 is 13.5. The first-order valence-electron chi connectivity index (χ1n) is 8.57. The van der Waals surface area contributed by atoms with Crippen LogP contribution >= 0.6 is 35.0 Å². The number of carbonyl (C=O) groups excluding carboxylic acids is 1. The number of thioether (sulfide) groups is 1. The molecule has 1 saturated heterocycles. The van der Waals surface area contributed by atoms with Gasteiger partial charge in [-0.3, -0.25) is 4.79 Å². The number of amides is 1. The van der Waals surface area contributed by atoms with Crippen molar-refractivity contribution in [2.24, 2.45) is 4.99 Å². The topological polar surface area (TPSA) is 87.5 Å². The second-order valence-corrected chi connectivity index (χ2v) is 7.56. The molecular weight excluding hydrogens is 431 g/mol. The Morgan fingerprint density at radius 1 is 1.21 bits per heavy atom. The normalized spacial score (nSPS) is 16.1. The van der Waals surface area contributed by atoms with E-state index in [9.17, 15) is 4.79 Å². The number of aliphatic hydroxyl groups excluding tert-OH is 1. The Hall–Kier alpha value is -2.45. The van der Waals surface area contributed by atoms with Gasteiger partial charge in [-0.15, -0.1) is 0 Å². The van der Waals surface area contributed by atoms with E-state index in [0.717, 1.165) is 16.5 Å². The molecule has 148 valence electrons. The summed E-state index contributed by atoms with van der Waals surface area (Å²) in [6, 6.07) is 12.7. The minimum Gasteiger partial charge on any atom is -0.397 e. The number of hydrogen-bond donors (Lipinski definition) is 2. The maximum Gasteiger partial charge on any atom is 0.264 e. The van der Waals surface area contributed by atoms with Gasteiger partial charge in [-0.05, 0) is 60.7 Å². The third-order valence-electron chi connectivity index (χ3n) is 3.64. The number of aliphatic imine (C=N–C) groups is 1. The Morgan fingerprint density at radius 3 is 2.66 bits per heavy atom. The molecule has 3 aromatic rings. The minimum absolute atomic E-state index is 0.218. The third kappa shape index (κ3) is 5.33. The van der Waals surface area contributed by atoms with Gasteiger partial charge in [0.1, 0.15) is 5.69 Å². The van der Waals surface area contributed by atoms with Crippen LogP contribution in [-0.2, 0) is 4.79 Å². The van der Waals surface area contributed by atoms with Crippen LogP contribution in [0.4, 0.5) is 5.69 Å². The molecule has 9 heteroatoms. The summed E-state index contributed by atoms with van der Waals surface area (Å²) in [5.41, 5.74) is 2.12. The number of para-hydroxylation sites is 1.